The molecule has 0 radical (unpaired) electrons. The van der Waals surface area contributed by atoms with Crippen molar-refractivity contribution in [3.05, 3.63) is 23.8 Å². The maximum atomic E-state index is 3.21. The summed E-state index contributed by atoms with van der Waals surface area (Å²) >= 11 is 0. The van der Waals surface area contributed by atoms with Crippen LogP contribution in [0.3, 0.4) is 0 Å². The van der Waals surface area contributed by atoms with Gasteiger partial charge < -0.3 is 5.32 Å². The Kier molecular flexibility index (Phi) is 0.810. The quantitative estimate of drug-likeness (QED) is 0.571. The zero-order chi connectivity index (χ0) is 6.27. The Bertz CT molecular complexity index is 240. The minimum Gasteiger partial charge on any atom is -0.352 e. The van der Waals surface area contributed by atoms with E-state index in [1.54, 1.807) is 0 Å². The van der Waals surface area contributed by atoms with E-state index in [2.05, 4.69) is 30.4 Å². The van der Waals surface area contributed by atoms with Gasteiger partial charge in [0.1, 0.15) is 0 Å². The first kappa shape index (κ1) is 4.86. The summed E-state index contributed by atoms with van der Waals surface area (Å²) < 4.78 is 0. The first-order valence-corrected chi connectivity index (χ1v) is 3.30. The lowest BCUT2D eigenvalue weighted by molar-refractivity contribution is 1.16. The van der Waals surface area contributed by atoms with E-state index in [-0.39, 0.29) is 0 Å². The highest BCUT2D eigenvalue weighted by atomic mass is 15.0. The highest BCUT2D eigenvalue weighted by Gasteiger charge is 2.17. The van der Waals surface area contributed by atoms with Crippen molar-refractivity contribution in [2.24, 2.45) is 0 Å². The molecule has 1 heterocycles. The number of hydrogen-bond donors (Lipinski definition) is 1. The van der Waals surface area contributed by atoms with Crippen molar-refractivity contribution < 1.29 is 0 Å². The molecule has 1 aromatic rings. The van der Waals surface area contributed by atoms with Crippen LogP contribution in [0, 0.1) is 0 Å². The molecule has 0 fully saturated rings. The molecule has 0 amide bonds. The van der Waals surface area contributed by atoms with Crippen molar-refractivity contribution in [3.63, 3.8) is 0 Å². The van der Waals surface area contributed by atoms with Crippen molar-refractivity contribution in [2.75, 3.05) is 5.32 Å². The first-order valence-electron chi connectivity index (χ1n) is 3.30. The van der Waals surface area contributed by atoms with E-state index in [4.69, 9.17) is 0 Å². The van der Waals surface area contributed by atoms with E-state index in [0.717, 1.165) is 6.42 Å². The van der Waals surface area contributed by atoms with Crippen LogP contribution in [0.25, 0.3) is 0 Å². The number of aryl methyl sites for hydroxylation is 1. The van der Waals surface area contributed by atoms with Gasteiger partial charge in [0.25, 0.3) is 0 Å². The molecule has 1 aromatic carbocycles. The molecule has 0 aromatic heterocycles. The van der Waals surface area contributed by atoms with Gasteiger partial charge in [-0.1, -0.05) is 19.1 Å². The maximum Gasteiger partial charge on any atom is 0.0656 e. The molecule has 2 rings (SSSR count). The van der Waals surface area contributed by atoms with Crippen LogP contribution in [0.5, 0.6) is 0 Å². The lowest BCUT2D eigenvalue weighted by atomic mass is 10.2. The van der Waals surface area contributed by atoms with Gasteiger partial charge in [-0.25, -0.2) is 0 Å². The van der Waals surface area contributed by atoms with Crippen LogP contribution in [0.15, 0.2) is 18.2 Å². The van der Waals surface area contributed by atoms with Crippen molar-refractivity contribution in [1.82, 2.24) is 0 Å². The fraction of sp³-hybridized carbons (Fsp3) is 0.250. The Morgan fingerprint density at radius 2 is 2.33 bits per heavy atom. The highest BCUT2D eigenvalue weighted by molar-refractivity contribution is 5.92. The molecule has 0 saturated heterocycles. The fourth-order valence-corrected chi connectivity index (χ4v) is 1.12. The molecular formula is C8H9N. The van der Waals surface area contributed by atoms with E-state index in [9.17, 15) is 0 Å². The van der Waals surface area contributed by atoms with Crippen molar-refractivity contribution >= 4 is 11.4 Å². The Morgan fingerprint density at radius 3 is 3.00 bits per heavy atom. The molecule has 1 aliphatic rings. The van der Waals surface area contributed by atoms with Gasteiger partial charge in [-0.15, -0.1) is 0 Å². The molecule has 1 heteroatoms. The van der Waals surface area contributed by atoms with Gasteiger partial charge in [-0.2, -0.15) is 0 Å². The van der Waals surface area contributed by atoms with Gasteiger partial charge >= 0.3 is 0 Å². The Labute approximate surface area is 54.7 Å². The Balaban J connectivity index is 2.51. The third-order valence-electron chi connectivity index (χ3n) is 1.73. The second-order valence-corrected chi connectivity index (χ2v) is 2.32. The third-order valence-corrected chi connectivity index (χ3v) is 1.73. The average molecular weight is 119 g/mol. The lowest BCUT2D eigenvalue weighted by Crippen LogP contribution is -1.72. The summed E-state index contributed by atoms with van der Waals surface area (Å²) in [6.45, 7) is 2.18. The summed E-state index contributed by atoms with van der Waals surface area (Å²) in [6.07, 6.45) is 1.14. The van der Waals surface area contributed by atoms with Crippen molar-refractivity contribution in [2.45, 2.75) is 13.3 Å². The molecule has 0 spiro atoms. The number of nitrogens with one attached hydrogen (secondary N) is 1. The molecule has 1 nitrogen and oxygen atoms in total. The lowest BCUT2D eigenvalue weighted by Gasteiger charge is -1.87. The number of para-hydroxylation sites is 1. The number of fused-ring (bicyclic) bond motifs is 1. The maximum absolute atomic E-state index is 3.21. The fourth-order valence-electron chi connectivity index (χ4n) is 1.12. The Hall–Kier alpha value is -0.980. The molecule has 0 bridgehead atoms. The van der Waals surface area contributed by atoms with Crippen LogP contribution >= 0.6 is 0 Å². The topological polar surface area (TPSA) is 21.9 Å². The van der Waals surface area contributed by atoms with E-state index in [1.165, 1.54) is 16.9 Å². The molecule has 0 unspecified atom stereocenters. The second-order valence-electron chi connectivity index (χ2n) is 2.32. The summed E-state index contributed by atoms with van der Waals surface area (Å²) in [4.78, 5) is 0. The zero-order valence-corrected chi connectivity index (χ0v) is 5.44. The predicted molar refractivity (Wildman–Crippen MR) is 39.1 cm³/mol. The Morgan fingerprint density at radius 1 is 1.44 bits per heavy atom. The average Bonchev–Trinajstić information content (AvgIpc) is 2.64. The summed E-state index contributed by atoms with van der Waals surface area (Å²) in [5.41, 5.74) is 4.11. The second kappa shape index (κ2) is 1.50. The van der Waals surface area contributed by atoms with Gasteiger partial charge in [0, 0.05) is 0 Å². The molecule has 0 saturated carbocycles. The van der Waals surface area contributed by atoms with Gasteiger partial charge in [0.05, 0.1) is 11.4 Å². The van der Waals surface area contributed by atoms with E-state index in [0.29, 0.717) is 0 Å². The van der Waals surface area contributed by atoms with Crippen LogP contribution in [0.2, 0.25) is 0 Å². The molecular weight excluding hydrogens is 110 g/mol. The number of anilines is 2. The van der Waals surface area contributed by atoms with E-state index >= 15 is 0 Å². The van der Waals surface area contributed by atoms with Gasteiger partial charge in [0.2, 0.25) is 0 Å². The minimum atomic E-state index is 1.14. The summed E-state index contributed by atoms with van der Waals surface area (Å²) in [7, 11) is 0. The third kappa shape index (κ3) is 0.611. The number of benzene rings is 1. The summed E-state index contributed by atoms with van der Waals surface area (Å²) in [5.74, 6) is 0. The summed E-state index contributed by atoms with van der Waals surface area (Å²) in [5, 5.41) is 3.21. The first-order chi connectivity index (χ1) is 4.42. The molecule has 0 aliphatic carbocycles. The molecule has 1 aliphatic heterocycles. The molecule has 9 heavy (non-hydrogen) atoms. The standard InChI is InChI=1S/C8H9N/c1-2-6-4-3-5-7-8(6)9-7/h3-5,9H,2H2,1H3. The SMILES string of the molecule is CCc1cccc2c1N2. The van der Waals surface area contributed by atoms with Crippen LogP contribution in [-0.2, 0) is 6.42 Å². The largest absolute Gasteiger partial charge is 0.352 e. The van der Waals surface area contributed by atoms with Crippen LogP contribution < -0.4 is 5.32 Å². The monoisotopic (exact) mass is 119 g/mol. The minimum absolute atomic E-state index is 1.14. The van der Waals surface area contributed by atoms with Crippen molar-refractivity contribution in [1.29, 1.82) is 0 Å². The van der Waals surface area contributed by atoms with Crippen LogP contribution in [0.1, 0.15) is 12.5 Å². The van der Waals surface area contributed by atoms with E-state index in [1.807, 2.05) is 0 Å². The van der Waals surface area contributed by atoms with Gasteiger partial charge in [-0.05, 0) is 18.1 Å². The van der Waals surface area contributed by atoms with Crippen LogP contribution in [0.4, 0.5) is 11.4 Å². The molecule has 46 valence electrons. The smallest absolute Gasteiger partial charge is 0.0656 e. The highest BCUT2D eigenvalue weighted by Crippen LogP contribution is 2.41. The van der Waals surface area contributed by atoms with Crippen LogP contribution in [-0.4, -0.2) is 0 Å². The molecule has 0 atom stereocenters. The van der Waals surface area contributed by atoms with Crippen molar-refractivity contribution in [3.8, 4) is 0 Å². The normalized spacial score (nSPS) is 12.1. The van der Waals surface area contributed by atoms with E-state index < -0.39 is 0 Å². The summed E-state index contributed by atoms with van der Waals surface area (Å²) in [6, 6.07) is 6.37. The number of hydrogen-bond acceptors (Lipinski definition) is 1. The predicted octanol–water partition coefficient (Wildman–Crippen LogP) is 2.31. The van der Waals surface area contributed by atoms with Gasteiger partial charge in [0.15, 0.2) is 0 Å². The number of rotatable bonds is 1. The molecule has 1 N–H and O–H groups in total. The van der Waals surface area contributed by atoms with Gasteiger partial charge in [-0.3, -0.25) is 0 Å². The zero-order valence-electron chi connectivity index (χ0n) is 5.44.